The van der Waals surface area contributed by atoms with Gasteiger partial charge in [-0.05, 0) is 37.5 Å². The molecule has 64 valence electrons. The molecule has 11 heavy (non-hydrogen) atoms. The van der Waals surface area contributed by atoms with E-state index in [-0.39, 0.29) is 6.10 Å². The molecule has 1 N–H and O–H groups in total. The first kappa shape index (κ1) is 7.56. The predicted molar refractivity (Wildman–Crippen MR) is 42.3 cm³/mol. The molecule has 2 rings (SSSR count). The Hall–Kier alpha value is -0.0800. The highest BCUT2D eigenvalue weighted by Crippen LogP contribution is 2.53. The molecular formula is C9H16O2. The fourth-order valence-electron chi connectivity index (χ4n) is 2.67. The van der Waals surface area contributed by atoms with Gasteiger partial charge in [0.15, 0.2) is 0 Å². The highest BCUT2D eigenvalue weighted by atomic mass is 16.5. The average Bonchev–Trinajstić information content (AvgIpc) is 2.31. The van der Waals surface area contributed by atoms with Gasteiger partial charge in [-0.2, -0.15) is 0 Å². The quantitative estimate of drug-likeness (QED) is 0.620. The summed E-state index contributed by atoms with van der Waals surface area (Å²) in [6.07, 6.45) is 6.15. The zero-order chi connectivity index (χ0) is 7.90. The number of ether oxygens (including phenoxy) is 1. The van der Waals surface area contributed by atoms with Gasteiger partial charge in [-0.1, -0.05) is 0 Å². The first-order valence-electron chi connectivity index (χ1n) is 4.45. The second-order valence-corrected chi connectivity index (χ2v) is 4.16. The van der Waals surface area contributed by atoms with Crippen LogP contribution < -0.4 is 0 Å². The molecule has 0 saturated heterocycles. The summed E-state index contributed by atoms with van der Waals surface area (Å²) in [5.74, 6) is 0. The highest BCUT2D eigenvalue weighted by molar-refractivity contribution is 4.99. The maximum atomic E-state index is 9.19. The van der Waals surface area contributed by atoms with Crippen molar-refractivity contribution in [3.63, 3.8) is 0 Å². The lowest BCUT2D eigenvalue weighted by Gasteiger charge is -2.42. The molecule has 2 fully saturated rings. The molecule has 1 unspecified atom stereocenters. The molecule has 0 radical (unpaired) electrons. The molecule has 2 heteroatoms. The van der Waals surface area contributed by atoms with Gasteiger partial charge in [0.25, 0.3) is 0 Å². The molecule has 0 aliphatic heterocycles. The van der Waals surface area contributed by atoms with Crippen LogP contribution in [-0.2, 0) is 4.74 Å². The van der Waals surface area contributed by atoms with E-state index >= 15 is 0 Å². The minimum atomic E-state index is -0.00870. The Morgan fingerprint density at radius 1 is 1.36 bits per heavy atom. The van der Waals surface area contributed by atoms with Gasteiger partial charge in [0.05, 0.1) is 12.2 Å². The van der Waals surface area contributed by atoms with Crippen molar-refractivity contribution >= 4 is 0 Å². The summed E-state index contributed by atoms with van der Waals surface area (Å²) in [4.78, 5) is 0. The third-order valence-electron chi connectivity index (χ3n) is 3.33. The minimum absolute atomic E-state index is 0.00870. The summed E-state index contributed by atoms with van der Waals surface area (Å²) in [6.45, 7) is 0. The normalized spacial score (nSPS) is 49.6. The van der Waals surface area contributed by atoms with Crippen molar-refractivity contribution in [1.29, 1.82) is 0 Å². The van der Waals surface area contributed by atoms with E-state index < -0.39 is 0 Å². The third kappa shape index (κ3) is 1.18. The third-order valence-corrected chi connectivity index (χ3v) is 3.33. The summed E-state index contributed by atoms with van der Waals surface area (Å²) in [5.41, 5.74) is 0.486. The van der Waals surface area contributed by atoms with Crippen molar-refractivity contribution < 1.29 is 9.84 Å². The zero-order valence-electron chi connectivity index (χ0n) is 7.05. The second kappa shape index (κ2) is 2.46. The molecule has 1 spiro atoms. The topological polar surface area (TPSA) is 29.5 Å². The molecule has 2 aliphatic carbocycles. The van der Waals surface area contributed by atoms with Crippen LogP contribution in [0.2, 0.25) is 0 Å². The van der Waals surface area contributed by atoms with E-state index in [1.165, 1.54) is 19.3 Å². The average molecular weight is 156 g/mol. The number of methoxy groups -OCH3 is 1. The maximum Gasteiger partial charge on any atom is 0.0576 e. The standard InChI is InChI=1S/C9H16O2/c1-11-8-2-3-9(6-8)4-7(10)5-9/h7-8,10H,2-6H2,1H3. The molecule has 0 aromatic heterocycles. The van der Waals surface area contributed by atoms with Crippen molar-refractivity contribution in [2.75, 3.05) is 7.11 Å². The summed E-state index contributed by atoms with van der Waals surface area (Å²) in [5, 5.41) is 9.19. The monoisotopic (exact) mass is 156 g/mol. The van der Waals surface area contributed by atoms with Crippen molar-refractivity contribution in [3.8, 4) is 0 Å². The second-order valence-electron chi connectivity index (χ2n) is 4.16. The van der Waals surface area contributed by atoms with Crippen molar-refractivity contribution in [2.24, 2.45) is 5.41 Å². The van der Waals surface area contributed by atoms with Gasteiger partial charge in [-0.25, -0.2) is 0 Å². The van der Waals surface area contributed by atoms with Gasteiger partial charge < -0.3 is 9.84 Å². The molecule has 2 nitrogen and oxygen atoms in total. The Morgan fingerprint density at radius 2 is 2.09 bits per heavy atom. The van der Waals surface area contributed by atoms with Gasteiger partial charge in [0.1, 0.15) is 0 Å². The van der Waals surface area contributed by atoms with Crippen molar-refractivity contribution in [1.82, 2.24) is 0 Å². The number of aliphatic hydroxyl groups is 1. The van der Waals surface area contributed by atoms with Gasteiger partial charge in [-0.3, -0.25) is 0 Å². The number of hydrogen-bond acceptors (Lipinski definition) is 2. The minimum Gasteiger partial charge on any atom is -0.393 e. The van der Waals surface area contributed by atoms with Crippen molar-refractivity contribution in [2.45, 2.75) is 44.3 Å². The zero-order valence-corrected chi connectivity index (χ0v) is 7.05. The molecule has 1 atom stereocenters. The van der Waals surface area contributed by atoms with E-state index in [1.54, 1.807) is 7.11 Å². The first-order chi connectivity index (χ1) is 5.24. The van der Waals surface area contributed by atoms with Gasteiger partial charge in [0, 0.05) is 7.11 Å². The lowest BCUT2D eigenvalue weighted by molar-refractivity contribution is -0.0370. The molecule has 0 aromatic carbocycles. The summed E-state index contributed by atoms with van der Waals surface area (Å²) in [6, 6.07) is 0. The molecule has 0 amide bonds. The summed E-state index contributed by atoms with van der Waals surface area (Å²) < 4.78 is 5.30. The molecule has 0 aromatic rings. The fraction of sp³-hybridized carbons (Fsp3) is 1.00. The lowest BCUT2D eigenvalue weighted by Crippen LogP contribution is -2.39. The van der Waals surface area contributed by atoms with Crippen LogP contribution in [0.1, 0.15) is 32.1 Å². The van der Waals surface area contributed by atoms with E-state index in [4.69, 9.17) is 4.74 Å². The lowest BCUT2D eigenvalue weighted by atomic mass is 9.66. The molecule has 0 bridgehead atoms. The molecule has 2 saturated carbocycles. The largest absolute Gasteiger partial charge is 0.393 e. The van der Waals surface area contributed by atoms with E-state index in [1.807, 2.05) is 0 Å². The van der Waals surface area contributed by atoms with Crippen LogP contribution in [-0.4, -0.2) is 24.4 Å². The molecule has 0 heterocycles. The smallest absolute Gasteiger partial charge is 0.0576 e. The Labute approximate surface area is 67.6 Å². The Balaban J connectivity index is 1.89. The molecule has 2 aliphatic rings. The Bertz CT molecular complexity index is 150. The van der Waals surface area contributed by atoms with Crippen LogP contribution in [0.15, 0.2) is 0 Å². The summed E-state index contributed by atoms with van der Waals surface area (Å²) >= 11 is 0. The van der Waals surface area contributed by atoms with Crippen LogP contribution in [0.25, 0.3) is 0 Å². The fourth-order valence-corrected chi connectivity index (χ4v) is 2.67. The van der Waals surface area contributed by atoms with E-state index in [2.05, 4.69) is 0 Å². The Morgan fingerprint density at radius 3 is 2.55 bits per heavy atom. The van der Waals surface area contributed by atoms with Gasteiger partial charge in [-0.15, -0.1) is 0 Å². The number of aliphatic hydroxyl groups excluding tert-OH is 1. The predicted octanol–water partition coefficient (Wildman–Crippen LogP) is 1.33. The van der Waals surface area contributed by atoms with E-state index in [0.29, 0.717) is 11.5 Å². The molecular weight excluding hydrogens is 140 g/mol. The highest BCUT2D eigenvalue weighted by Gasteiger charge is 2.48. The number of rotatable bonds is 1. The van der Waals surface area contributed by atoms with E-state index in [0.717, 1.165) is 12.8 Å². The first-order valence-corrected chi connectivity index (χ1v) is 4.45. The van der Waals surface area contributed by atoms with Crippen molar-refractivity contribution in [3.05, 3.63) is 0 Å². The van der Waals surface area contributed by atoms with Crippen LogP contribution in [0.4, 0.5) is 0 Å². The van der Waals surface area contributed by atoms with Gasteiger partial charge >= 0.3 is 0 Å². The van der Waals surface area contributed by atoms with Gasteiger partial charge in [0.2, 0.25) is 0 Å². The maximum absolute atomic E-state index is 9.19. The Kier molecular flexibility index (Phi) is 1.69. The number of hydrogen-bond donors (Lipinski definition) is 1. The SMILES string of the molecule is COC1CCC2(CC(O)C2)C1. The summed E-state index contributed by atoms with van der Waals surface area (Å²) in [7, 11) is 1.79. The van der Waals surface area contributed by atoms with Crippen LogP contribution in [0.5, 0.6) is 0 Å². The van der Waals surface area contributed by atoms with Crippen LogP contribution in [0.3, 0.4) is 0 Å². The van der Waals surface area contributed by atoms with Crippen LogP contribution >= 0.6 is 0 Å². The van der Waals surface area contributed by atoms with Crippen LogP contribution in [0, 0.1) is 5.41 Å². The van der Waals surface area contributed by atoms with E-state index in [9.17, 15) is 5.11 Å².